The fourth-order valence-electron chi connectivity index (χ4n) is 2.76. The number of ketones is 1. The summed E-state index contributed by atoms with van der Waals surface area (Å²) in [6.45, 7) is 3.48. The zero-order valence-electron chi connectivity index (χ0n) is 15.0. The lowest BCUT2D eigenvalue weighted by Gasteiger charge is -2.17. The van der Waals surface area contributed by atoms with Crippen molar-refractivity contribution >= 4 is 11.9 Å². The number of rotatable bonds is 6. The van der Waals surface area contributed by atoms with E-state index < -0.39 is 0 Å². The molecule has 0 spiro atoms. The standard InChI is InChI=1S/C20H22O5/c1-12-18(22)17(20(25-5)13(2)19(12)24-4)16(21)10-9-14-7-6-8-15(11-14)23-3/h6-11,22H,1-5H3/b10-9+. The van der Waals surface area contributed by atoms with Crippen molar-refractivity contribution in [2.24, 2.45) is 0 Å². The van der Waals surface area contributed by atoms with Crippen LogP contribution in [0.5, 0.6) is 23.0 Å². The van der Waals surface area contributed by atoms with Gasteiger partial charge in [0.15, 0.2) is 5.78 Å². The lowest BCUT2D eigenvalue weighted by Crippen LogP contribution is -2.05. The molecule has 2 aromatic carbocycles. The number of hydrogen-bond donors (Lipinski definition) is 1. The molecule has 0 fully saturated rings. The van der Waals surface area contributed by atoms with Gasteiger partial charge in [-0.15, -0.1) is 0 Å². The van der Waals surface area contributed by atoms with Crippen LogP contribution in [0.15, 0.2) is 30.3 Å². The van der Waals surface area contributed by atoms with Gasteiger partial charge in [-0.05, 0) is 37.6 Å². The third kappa shape index (κ3) is 3.60. The Morgan fingerprint density at radius 2 is 1.68 bits per heavy atom. The van der Waals surface area contributed by atoms with Crippen LogP contribution >= 0.6 is 0 Å². The Morgan fingerprint density at radius 1 is 1.00 bits per heavy atom. The summed E-state index contributed by atoms with van der Waals surface area (Å²) in [4.78, 5) is 12.7. The maximum absolute atomic E-state index is 12.7. The number of ether oxygens (including phenoxy) is 3. The van der Waals surface area contributed by atoms with Crippen LogP contribution in [0.3, 0.4) is 0 Å². The number of phenolic OH excluding ortho intramolecular Hbond substituents is 1. The summed E-state index contributed by atoms with van der Waals surface area (Å²) >= 11 is 0. The SMILES string of the molecule is COc1cccc(/C=C/C(=O)c2c(O)c(C)c(OC)c(C)c2OC)c1. The zero-order chi connectivity index (χ0) is 18.6. The number of benzene rings is 2. The molecule has 0 aliphatic rings. The van der Waals surface area contributed by atoms with Crippen molar-refractivity contribution in [3.05, 3.63) is 52.6 Å². The van der Waals surface area contributed by atoms with Crippen molar-refractivity contribution in [1.29, 1.82) is 0 Å². The maximum atomic E-state index is 12.7. The summed E-state index contributed by atoms with van der Waals surface area (Å²) < 4.78 is 15.8. The molecule has 2 rings (SSSR count). The lowest BCUT2D eigenvalue weighted by molar-refractivity contribution is 0.104. The zero-order valence-corrected chi connectivity index (χ0v) is 15.0. The number of allylic oxidation sites excluding steroid dienone is 1. The predicted octanol–water partition coefficient (Wildman–Crippen LogP) is 3.93. The van der Waals surface area contributed by atoms with Gasteiger partial charge in [0.2, 0.25) is 0 Å². The van der Waals surface area contributed by atoms with Gasteiger partial charge in [-0.25, -0.2) is 0 Å². The van der Waals surface area contributed by atoms with E-state index in [0.29, 0.717) is 28.4 Å². The first-order chi connectivity index (χ1) is 11.9. The number of phenols is 1. The molecule has 0 aliphatic carbocycles. The Bertz CT molecular complexity index is 821. The summed E-state index contributed by atoms with van der Waals surface area (Å²) in [6.07, 6.45) is 3.07. The third-order valence-corrected chi connectivity index (χ3v) is 4.02. The average Bonchev–Trinajstić information content (AvgIpc) is 2.63. The van der Waals surface area contributed by atoms with Crippen molar-refractivity contribution < 1.29 is 24.1 Å². The van der Waals surface area contributed by atoms with E-state index in [1.165, 1.54) is 20.3 Å². The highest BCUT2D eigenvalue weighted by molar-refractivity contribution is 6.11. The number of aromatic hydroxyl groups is 1. The summed E-state index contributed by atoms with van der Waals surface area (Å²) in [5.41, 5.74) is 2.10. The van der Waals surface area contributed by atoms with Crippen molar-refractivity contribution in [2.45, 2.75) is 13.8 Å². The molecule has 0 saturated heterocycles. The highest BCUT2D eigenvalue weighted by Gasteiger charge is 2.24. The summed E-state index contributed by atoms with van der Waals surface area (Å²) in [5.74, 6) is 1.01. The van der Waals surface area contributed by atoms with E-state index in [9.17, 15) is 9.90 Å². The molecule has 0 aliphatic heterocycles. The number of carbonyl (C=O) groups excluding carboxylic acids is 1. The first-order valence-corrected chi connectivity index (χ1v) is 7.75. The molecule has 0 atom stereocenters. The molecule has 5 nitrogen and oxygen atoms in total. The summed E-state index contributed by atoms with van der Waals surface area (Å²) in [7, 11) is 4.55. The largest absolute Gasteiger partial charge is 0.507 e. The second kappa shape index (κ2) is 7.75. The molecule has 0 amide bonds. The highest BCUT2D eigenvalue weighted by Crippen LogP contribution is 2.42. The fourth-order valence-corrected chi connectivity index (χ4v) is 2.76. The molecule has 1 N–H and O–H groups in total. The molecule has 0 unspecified atom stereocenters. The number of carbonyl (C=O) groups is 1. The van der Waals surface area contributed by atoms with Gasteiger partial charge in [-0.2, -0.15) is 0 Å². The van der Waals surface area contributed by atoms with E-state index in [1.807, 2.05) is 24.3 Å². The summed E-state index contributed by atoms with van der Waals surface area (Å²) in [6, 6.07) is 7.33. The Labute approximate surface area is 147 Å². The third-order valence-electron chi connectivity index (χ3n) is 4.02. The second-order valence-corrected chi connectivity index (χ2v) is 5.51. The molecule has 25 heavy (non-hydrogen) atoms. The molecule has 0 aromatic heterocycles. The van der Waals surface area contributed by atoms with Gasteiger partial charge in [0.1, 0.15) is 28.6 Å². The molecule has 0 saturated carbocycles. The van der Waals surface area contributed by atoms with Crippen molar-refractivity contribution in [2.75, 3.05) is 21.3 Å². The van der Waals surface area contributed by atoms with Crippen molar-refractivity contribution in [3.8, 4) is 23.0 Å². The molecule has 0 radical (unpaired) electrons. The van der Waals surface area contributed by atoms with Crippen molar-refractivity contribution in [3.63, 3.8) is 0 Å². The molecule has 132 valence electrons. The van der Waals surface area contributed by atoms with E-state index in [2.05, 4.69) is 0 Å². The minimum atomic E-state index is -0.356. The van der Waals surface area contributed by atoms with Gasteiger partial charge in [-0.1, -0.05) is 18.2 Å². The van der Waals surface area contributed by atoms with Crippen LogP contribution < -0.4 is 14.2 Å². The van der Waals surface area contributed by atoms with E-state index in [4.69, 9.17) is 14.2 Å². The van der Waals surface area contributed by atoms with Crippen LogP contribution in [-0.4, -0.2) is 32.2 Å². The first-order valence-electron chi connectivity index (χ1n) is 7.75. The Kier molecular flexibility index (Phi) is 5.70. The molecule has 5 heteroatoms. The van der Waals surface area contributed by atoms with Crippen LogP contribution in [-0.2, 0) is 0 Å². The highest BCUT2D eigenvalue weighted by atomic mass is 16.5. The number of methoxy groups -OCH3 is 3. The lowest BCUT2D eigenvalue weighted by atomic mass is 9.98. The van der Waals surface area contributed by atoms with Gasteiger partial charge in [-0.3, -0.25) is 4.79 Å². The average molecular weight is 342 g/mol. The van der Waals surface area contributed by atoms with Crippen molar-refractivity contribution in [1.82, 2.24) is 0 Å². The summed E-state index contributed by atoms with van der Waals surface area (Å²) in [5, 5.41) is 10.5. The first kappa shape index (κ1) is 18.4. The molecule has 0 heterocycles. The van der Waals surface area contributed by atoms with Gasteiger partial charge in [0, 0.05) is 11.1 Å². The normalized spacial score (nSPS) is 10.8. The van der Waals surface area contributed by atoms with Crippen LogP contribution in [0.2, 0.25) is 0 Å². The number of hydrogen-bond acceptors (Lipinski definition) is 5. The Morgan fingerprint density at radius 3 is 2.28 bits per heavy atom. The fraction of sp³-hybridized carbons (Fsp3) is 0.250. The van der Waals surface area contributed by atoms with Gasteiger partial charge >= 0.3 is 0 Å². The smallest absolute Gasteiger partial charge is 0.193 e. The predicted molar refractivity (Wildman–Crippen MR) is 97.0 cm³/mol. The van der Waals surface area contributed by atoms with Gasteiger partial charge < -0.3 is 19.3 Å². The molecule has 0 bridgehead atoms. The molecular formula is C20H22O5. The minimum absolute atomic E-state index is 0.123. The van der Waals surface area contributed by atoms with Crippen LogP contribution in [0, 0.1) is 13.8 Å². The van der Waals surface area contributed by atoms with Crippen LogP contribution in [0.4, 0.5) is 0 Å². The molecular weight excluding hydrogens is 320 g/mol. The molecule has 2 aromatic rings. The monoisotopic (exact) mass is 342 g/mol. The minimum Gasteiger partial charge on any atom is -0.507 e. The van der Waals surface area contributed by atoms with Gasteiger partial charge in [0.25, 0.3) is 0 Å². The second-order valence-electron chi connectivity index (χ2n) is 5.51. The van der Waals surface area contributed by atoms with E-state index in [0.717, 1.165) is 5.56 Å². The van der Waals surface area contributed by atoms with Crippen LogP contribution in [0.25, 0.3) is 6.08 Å². The van der Waals surface area contributed by atoms with Crippen LogP contribution in [0.1, 0.15) is 27.0 Å². The Hall–Kier alpha value is -2.95. The van der Waals surface area contributed by atoms with Gasteiger partial charge in [0.05, 0.1) is 21.3 Å². The Balaban J connectivity index is 2.47. The maximum Gasteiger partial charge on any atom is 0.193 e. The van der Waals surface area contributed by atoms with E-state index in [1.54, 1.807) is 27.0 Å². The quantitative estimate of drug-likeness (QED) is 0.636. The topological polar surface area (TPSA) is 65.0 Å². The van der Waals surface area contributed by atoms with E-state index in [-0.39, 0.29) is 17.1 Å². The van der Waals surface area contributed by atoms with E-state index >= 15 is 0 Å².